The van der Waals surface area contributed by atoms with Crippen LogP contribution in [-0.4, -0.2) is 16.4 Å². The highest BCUT2D eigenvalue weighted by Crippen LogP contribution is 2.29. The van der Waals surface area contributed by atoms with E-state index in [0.717, 1.165) is 17.7 Å². The molecule has 1 aliphatic heterocycles. The van der Waals surface area contributed by atoms with E-state index in [-0.39, 0.29) is 12.0 Å². The van der Waals surface area contributed by atoms with Gasteiger partial charge in [0.05, 0.1) is 0 Å². The molecule has 1 unspecified atom stereocenters. The number of nitrogens with zero attached hydrogens (tertiary/aromatic N) is 1. The number of rotatable bonds is 3. The third kappa shape index (κ3) is 2.61. The zero-order chi connectivity index (χ0) is 13.2. The first-order valence-corrected chi connectivity index (χ1v) is 6.97. The molecule has 0 saturated heterocycles. The summed E-state index contributed by atoms with van der Waals surface area (Å²) >= 11 is 1.20. The number of hydrogen-bond acceptors (Lipinski definition) is 4. The Morgan fingerprint density at radius 1 is 1.53 bits per heavy atom. The van der Waals surface area contributed by atoms with Crippen LogP contribution in [0.25, 0.3) is 0 Å². The quantitative estimate of drug-likeness (QED) is 0.935. The van der Waals surface area contributed by atoms with Crippen molar-refractivity contribution >= 4 is 17.4 Å². The Morgan fingerprint density at radius 2 is 2.42 bits per heavy atom. The second-order valence-electron chi connectivity index (χ2n) is 4.63. The fourth-order valence-electron chi connectivity index (χ4n) is 2.19. The molecule has 0 saturated carbocycles. The fraction of sp³-hybridized carbons (Fsp3) is 0.286. The molecule has 1 amide bonds. The molecular weight excluding hydrogens is 260 g/mol. The zero-order valence-corrected chi connectivity index (χ0v) is 11.4. The summed E-state index contributed by atoms with van der Waals surface area (Å²) in [6, 6.07) is 7.79. The Morgan fingerprint density at radius 3 is 3.21 bits per heavy atom. The first kappa shape index (κ1) is 12.2. The number of ether oxygens (including phenoxy) is 1. The topological polar surface area (TPSA) is 51.2 Å². The van der Waals surface area contributed by atoms with Crippen molar-refractivity contribution in [2.24, 2.45) is 0 Å². The van der Waals surface area contributed by atoms with Crippen molar-refractivity contribution in [2.75, 3.05) is 0 Å². The number of aromatic nitrogens is 1. The lowest BCUT2D eigenvalue weighted by Gasteiger charge is -2.05. The van der Waals surface area contributed by atoms with Crippen molar-refractivity contribution in [1.29, 1.82) is 0 Å². The van der Waals surface area contributed by atoms with E-state index in [0.29, 0.717) is 11.4 Å². The minimum absolute atomic E-state index is 0.0763. The monoisotopic (exact) mass is 274 g/mol. The maximum atomic E-state index is 11.8. The van der Waals surface area contributed by atoms with Gasteiger partial charge in [-0.15, -0.1) is 0 Å². The highest BCUT2D eigenvalue weighted by Gasteiger charge is 2.18. The molecule has 1 aromatic heterocycles. The van der Waals surface area contributed by atoms with Crippen LogP contribution >= 0.6 is 11.5 Å². The second kappa shape index (κ2) is 5.01. The van der Waals surface area contributed by atoms with Crippen molar-refractivity contribution < 1.29 is 9.53 Å². The highest BCUT2D eigenvalue weighted by atomic mass is 32.1. The van der Waals surface area contributed by atoms with Gasteiger partial charge in [0.15, 0.2) is 0 Å². The van der Waals surface area contributed by atoms with Gasteiger partial charge in [-0.1, -0.05) is 12.1 Å². The third-order valence-electron chi connectivity index (χ3n) is 3.08. The molecular formula is C14H14N2O2S. The van der Waals surface area contributed by atoms with E-state index in [4.69, 9.17) is 4.74 Å². The minimum Gasteiger partial charge on any atom is -0.490 e. The molecule has 0 bridgehead atoms. The molecule has 5 heteroatoms. The molecule has 1 aliphatic rings. The smallest absolute Gasteiger partial charge is 0.263 e. The number of carbonyl (C=O) groups is 1. The van der Waals surface area contributed by atoms with Crippen LogP contribution in [0.15, 0.2) is 30.5 Å². The van der Waals surface area contributed by atoms with Crippen molar-refractivity contribution in [3.8, 4) is 5.75 Å². The predicted octanol–water partition coefficient (Wildman–Crippen LogP) is 2.40. The standard InChI is InChI=1S/C14H14N2O2S/c1-9-6-11-7-10(2-3-12(11)18-9)8-15-14(17)13-4-5-16-19-13/h2-5,7,9H,6,8H2,1H3,(H,15,17). The lowest BCUT2D eigenvalue weighted by atomic mass is 10.1. The van der Waals surface area contributed by atoms with E-state index in [2.05, 4.69) is 22.7 Å². The molecule has 2 heterocycles. The summed E-state index contributed by atoms with van der Waals surface area (Å²) in [6.07, 6.45) is 2.82. The number of benzene rings is 1. The SMILES string of the molecule is CC1Cc2cc(CNC(=O)c3ccns3)ccc2O1. The maximum Gasteiger partial charge on any atom is 0.263 e. The van der Waals surface area contributed by atoms with Crippen molar-refractivity contribution in [1.82, 2.24) is 9.69 Å². The van der Waals surface area contributed by atoms with Crippen molar-refractivity contribution in [3.63, 3.8) is 0 Å². The Kier molecular flexibility index (Phi) is 3.21. The first-order valence-electron chi connectivity index (χ1n) is 6.20. The Hall–Kier alpha value is -1.88. The molecule has 98 valence electrons. The normalized spacial score (nSPS) is 16.8. The fourth-order valence-corrected chi connectivity index (χ4v) is 2.70. The first-order chi connectivity index (χ1) is 9.22. The van der Waals surface area contributed by atoms with Gasteiger partial charge in [0.25, 0.3) is 5.91 Å². The number of nitrogens with one attached hydrogen (secondary N) is 1. The summed E-state index contributed by atoms with van der Waals surface area (Å²) < 4.78 is 9.57. The van der Waals surface area contributed by atoms with Crippen molar-refractivity contribution in [3.05, 3.63) is 46.5 Å². The molecule has 3 rings (SSSR count). The van der Waals surface area contributed by atoms with Crippen LogP contribution in [0.4, 0.5) is 0 Å². The van der Waals surface area contributed by atoms with Gasteiger partial charge in [-0.25, -0.2) is 4.37 Å². The summed E-state index contributed by atoms with van der Waals surface area (Å²) in [4.78, 5) is 12.4. The highest BCUT2D eigenvalue weighted by molar-refractivity contribution is 7.08. The van der Waals surface area contributed by atoms with Crippen LogP contribution in [0, 0.1) is 0 Å². The van der Waals surface area contributed by atoms with E-state index in [1.54, 1.807) is 12.3 Å². The largest absolute Gasteiger partial charge is 0.490 e. The maximum absolute atomic E-state index is 11.8. The van der Waals surface area contributed by atoms with Gasteiger partial charge in [0.2, 0.25) is 0 Å². The van der Waals surface area contributed by atoms with Crippen LogP contribution < -0.4 is 10.1 Å². The molecule has 0 spiro atoms. The average Bonchev–Trinajstić information content (AvgIpc) is 3.03. The lowest BCUT2D eigenvalue weighted by Crippen LogP contribution is -2.21. The summed E-state index contributed by atoms with van der Waals surface area (Å²) in [5.41, 5.74) is 2.31. The van der Waals surface area contributed by atoms with Crippen LogP contribution in [0.1, 0.15) is 27.7 Å². The average molecular weight is 274 g/mol. The summed E-state index contributed by atoms with van der Waals surface area (Å²) in [5, 5.41) is 2.89. The minimum atomic E-state index is -0.0763. The molecule has 0 fully saturated rings. The molecule has 1 atom stereocenters. The number of carbonyl (C=O) groups excluding carboxylic acids is 1. The van der Waals surface area contributed by atoms with Gasteiger partial charge in [-0.2, -0.15) is 0 Å². The van der Waals surface area contributed by atoms with Gasteiger partial charge >= 0.3 is 0 Å². The molecule has 1 N–H and O–H groups in total. The third-order valence-corrected chi connectivity index (χ3v) is 3.82. The van der Waals surface area contributed by atoms with Crippen LogP contribution in [-0.2, 0) is 13.0 Å². The Balaban J connectivity index is 1.65. The van der Waals surface area contributed by atoms with Gasteiger partial charge in [0.1, 0.15) is 16.7 Å². The van der Waals surface area contributed by atoms with Crippen molar-refractivity contribution in [2.45, 2.75) is 26.0 Å². The number of amides is 1. The molecule has 0 radical (unpaired) electrons. The van der Waals surface area contributed by atoms with Gasteiger partial charge in [0, 0.05) is 19.2 Å². The van der Waals surface area contributed by atoms with E-state index in [1.165, 1.54) is 17.1 Å². The molecule has 1 aromatic carbocycles. The molecule has 4 nitrogen and oxygen atoms in total. The van der Waals surface area contributed by atoms with Gasteiger partial charge in [-0.05, 0) is 41.7 Å². The van der Waals surface area contributed by atoms with Crippen LogP contribution in [0.3, 0.4) is 0 Å². The Bertz CT molecular complexity index is 595. The van der Waals surface area contributed by atoms with E-state index in [1.807, 2.05) is 12.1 Å². The lowest BCUT2D eigenvalue weighted by molar-refractivity contribution is 0.0955. The second-order valence-corrected chi connectivity index (χ2v) is 5.47. The predicted molar refractivity (Wildman–Crippen MR) is 73.5 cm³/mol. The summed E-state index contributed by atoms with van der Waals surface area (Å²) in [6.45, 7) is 2.59. The number of fused-ring (bicyclic) bond motifs is 1. The summed E-state index contributed by atoms with van der Waals surface area (Å²) in [5.74, 6) is 0.887. The van der Waals surface area contributed by atoms with Crippen LogP contribution in [0.2, 0.25) is 0 Å². The van der Waals surface area contributed by atoms with Gasteiger partial charge < -0.3 is 10.1 Å². The van der Waals surface area contributed by atoms with Crippen LogP contribution in [0.5, 0.6) is 5.75 Å². The number of hydrogen-bond donors (Lipinski definition) is 1. The van der Waals surface area contributed by atoms with E-state index >= 15 is 0 Å². The zero-order valence-electron chi connectivity index (χ0n) is 10.6. The summed E-state index contributed by atoms with van der Waals surface area (Å²) in [7, 11) is 0. The van der Waals surface area contributed by atoms with E-state index in [9.17, 15) is 4.79 Å². The molecule has 0 aliphatic carbocycles. The molecule has 2 aromatic rings. The Labute approximate surface area is 115 Å². The molecule has 19 heavy (non-hydrogen) atoms. The van der Waals surface area contributed by atoms with Gasteiger partial charge in [-0.3, -0.25) is 4.79 Å². The van der Waals surface area contributed by atoms with E-state index < -0.39 is 0 Å².